The van der Waals surface area contributed by atoms with Gasteiger partial charge in [-0.05, 0) is 30.4 Å². The fraction of sp³-hybridized carbons (Fsp3) is 0.625. The van der Waals surface area contributed by atoms with Gasteiger partial charge in [0.2, 0.25) is 0 Å². The van der Waals surface area contributed by atoms with Crippen LogP contribution in [0.4, 0.5) is 0 Å². The van der Waals surface area contributed by atoms with Crippen LogP contribution in [0.3, 0.4) is 0 Å². The van der Waals surface area contributed by atoms with E-state index >= 15 is 0 Å². The van der Waals surface area contributed by atoms with E-state index in [9.17, 15) is 5.11 Å². The van der Waals surface area contributed by atoms with Crippen molar-refractivity contribution in [2.45, 2.75) is 58.8 Å². The monoisotopic (exact) mass is 234 g/mol. The molecule has 0 spiro atoms. The molecule has 17 heavy (non-hydrogen) atoms. The highest BCUT2D eigenvalue weighted by Crippen LogP contribution is 2.19. The first-order valence-electron chi connectivity index (χ1n) is 6.97. The summed E-state index contributed by atoms with van der Waals surface area (Å²) in [5.41, 5.74) is 1.09. The Kier molecular flexibility index (Phi) is 6.76. The van der Waals surface area contributed by atoms with Crippen molar-refractivity contribution in [2.75, 3.05) is 0 Å². The van der Waals surface area contributed by atoms with Crippen LogP contribution in [0.15, 0.2) is 24.3 Å². The highest BCUT2D eigenvalue weighted by molar-refractivity contribution is 5.31. The normalized spacial score (nSPS) is 11.0. The lowest BCUT2D eigenvalue weighted by atomic mass is 10.0. The van der Waals surface area contributed by atoms with Gasteiger partial charge in [-0.2, -0.15) is 0 Å². The van der Waals surface area contributed by atoms with Gasteiger partial charge in [-0.25, -0.2) is 0 Å². The first-order valence-corrected chi connectivity index (χ1v) is 6.97. The van der Waals surface area contributed by atoms with E-state index in [0.29, 0.717) is 5.75 Å². The summed E-state index contributed by atoms with van der Waals surface area (Å²) in [4.78, 5) is 0. The second-order valence-electron chi connectivity index (χ2n) is 5.33. The molecule has 0 aliphatic heterocycles. The number of para-hydroxylation sites is 1. The quantitative estimate of drug-likeness (QED) is 0.632. The molecule has 0 aromatic heterocycles. The number of unbranched alkanes of at least 4 members (excludes halogenated alkanes) is 4. The summed E-state index contributed by atoms with van der Waals surface area (Å²) in [6, 6.07) is 7.68. The number of hydrogen-bond acceptors (Lipinski definition) is 1. The van der Waals surface area contributed by atoms with Crippen molar-refractivity contribution < 1.29 is 5.11 Å². The summed E-state index contributed by atoms with van der Waals surface area (Å²) in [5.74, 6) is 1.29. The van der Waals surface area contributed by atoms with Crippen molar-refractivity contribution in [3.05, 3.63) is 29.8 Å². The predicted molar refractivity (Wildman–Crippen MR) is 74.4 cm³/mol. The highest BCUT2D eigenvalue weighted by atomic mass is 16.3. The zero-order valence-corrected chi connectivity index (χ0v) is 11.3. The maximum absolute atomic E-state index is 9.61. The van der Waals surface area contributed by atoms with Crippen LogP contribution >= 0.6 is 0 Å². The third-order valence-electron chi connectivity index (χ3n) is 3.22. The molecule has 0 amide bonds. The topological polar surface area (TPSA) is 20.2 Å². The molecule has 1 heteroatoms. The van der Waals surface area contributed by atoms with Crippen LogP contribution < -0.4 is 0 Å². The van der Waals surface area contributed by atoms with Crippen LogP contribution in [0.25, 0.3) is 0 Å². The Bertz CT molecular complexity index is 304. The fourth-order valence-corrected chi connectivity index (χ4v) is 2.12. The Morgan fingerprint density at radius 1 is 0.941 bits per heavy atom. The van der Waals surface area contributed by atoms with Gasteiger partial charge in [0.25, 0.3) is 0 Å². The van der Waals surface area contributed by atoms with Crippen LogP contribution in [-0.2, 0) is 6.42 Å². The van der Waals surface area contributed by atoms with E-state index in [2.05, 4.69) is 13.8 Å². The maximum Gasteiger partial charge on any atom is 0.118 e. The predicted octanol–water partition coefficient (Wildman–Crippen LogP) is 4.93. The molecule has 0 heterocycles. The minimum atomic E-state index is 0.451. The summed E-state index contributed by atoms with van der Waals surface area (Å²) in [7, 11) is 0. The van der Waals surface area contributed by atoms with E-state index < -0.39 is 0 Å². The van der Waals surface area contributed by atoms with Gasteiger partial charge in [0.15, 0.2) is 0 Å². The Labute approximate surface area is 106 Å². The molecular formula is C16H26O. The van der Waals surface area contributed by atoms with Gasteiger partial charge in [0.05, 0.1) is 0 Å². The number of aromatic hydroxyl groups is 1. The average Bonchev–Trinajstić information content (AvgIpc) is 2.30. The SMILES string of the molecule is CC(C)CCCCCCCc1ccccc1O. The second kappa shape index (κ2) is 8.16. The molecule has 0 aliphatic carbocycles. The largest absolute Gasteiger partial charge is 0.508 e. The molecule has 0 atom stereocenters. The number of hydrogen-bond donors (Lipinski definition) is 1. The first-order chi connectivity index (χ1) is 8.20. The summed E-state index contributed by atoms with van der Waals surface area (Å²) in [5, 5.41) is 9.61. The smallest absolute Gasteiger partial charge is 0.118 e. The molecule has 0 bridgehead atoms. The zero-order valence-electron chi connectivity index (χ0n) is 11.3. The Morgan fingerprint density at radius 3 is 2.29 bits per heavy atom. The van der Waals surface area contributed by atoms with E-state index in [1.807, 2.05) is 18.2 Å². The minimum absolute atomic E-state index is 0.451. The van der Waals surface area contributed by atoms with E-state index in [4.69, 9.17) is 0 Å². The number of benzene rings is 1. The molecule has 0 saturated heterocycles. The van der Waals surface area contributed by atoms with E-state index in [1.165, 1.54) is 38.5 Å². The number of phenols is 1. The van der Waals surface area contributed by atoms with Gasteiger partial charge in [0.1, 0.15) is 5.75 Å². The second-order valence-corrected chi connectivity index (χ2v) is 5.33. The molecule has 1 aromatic rings. The van der Waals surface area contributed by atoms with Crippen molar-refractivity contribution in [3.63, 3.8) is 0 Å². The molecule has 0 saturated carbocycles. The summed E-state index contributed by atoms with van der Waals surface area (Å²) in [6.45, 7) is 4.58. The molecule has 0 fully saturated rings. The zero-order chi connectivity index (χ0) is 12.5. The third kappa shape index (κ3) is 6.35. The molecule has 1 nitrogen and oxygen atoms in total. The van der Waals surface area contributed by atoms with Gasteiger partial charge in [0, 0.05) is 0 Å². The standard InChI is InChI=1S/C16H26O/c1-14(2)10-6-4-3-5-7-11-15-12-8-9-13-16(15)17/h8-9,12-14,17H,3-7,10-11H2,1-2H3. The summed E-state index contributed by atoms with van der Waals surface area (Å²) < 4.78 is 0. The lowest BCUT2D eigenvalue weighted by Crippen LogP contribution is -1.89. The molecule has 96 valence electrons. The van der Waals surface area contributed by atoms with Gasteiger partial charge in [-0.15, -0.1) is 0 Å². The van der Waals surface area contributed by atoms with Crippen LogP contribution in [0, 0.1) is 5.92 Å². The average molecular weight is 234 g/mol. The number of rotatable bonds is 8. The van der Waals surface area contributed by atoms with Crippen molar-refractivity contribution in [2.24, 2.45) is 5.92 Å². The van der Waals surface area contributed by atoms with E-state index in [1.54, 1.807) is 6.07 Å². The number of aryl methyl sites for hydroxylation is 1. The van der Waals surface area contributed by atoms with Gasteiger partial charge in [-0.1, -0.05) is 64.2 Å². The summed E-state index contributed by atoms with van der Waals surface area (Å²) in [6.07, 6.45) is 8.91. The van der Waals surface area contributed by atoms with Crippen LogP contribution in [0.1, 0.15) is 57.9 Å². The van der Waals surface area contributed by atoms with Gasteiger partial charge in [-0.3, -0.25) is 0 Å². The van der Waals surface area contributed by atoms with E-state index in [-0.39, 0.29) is 0 Å². The minimum Gasteiger partial charge on any atom is -0.508 e. The molecule has 1 N–H and O–H groups in total. The van der Waals surface area contributed by atoms with Crippen LogP contribution in [0.5, 0.6) is 5.75 Å². The lowest BCUT2D eigenvalue weighted by molar-refractivity contribution is 0.465. The Balaban J connectivity index is 2.03. The molecule has 0 aliphatic rings. The molecular weight excluding hydrogens is 208 g/mol. The van der Waals surface area contributed by atoms with Crippen LogP contribution in [0.2, 0.25) is 0 Å². The maximum atomic E-state index is 9.61. The molecule has 1 aromatic carbocycles. The summed E-state index contributed by atoms with van der Waals surface area (Å²) >= 11 is 0. The van der Waals surface area contributed by atoms with Crippen LogP contribution in [-0.4, -0.2) is 5.11 Å². The molecule has 0 radical (unpaired) electrons. The lowest BCUT2D eigenvalue weighted by Gasteiger charge is -2.05. The molecule has 0 unspecified atom stereocenters. The Hall–Kier alpha value is -0.980. The Morgan fingerprint density at radius 2 is 1.59 bits per heavy atom. The van der Waals surface area contributed by atoms with Gasteiger partial charge < -0.3 is 5.11 Å². The van der Waals surface area contributed by atoms with Gasteiger partial charge >= 0.3 is 0 Å². The number of phenolic OH excluding ortho intramolecular Hbond substituents is 1. The highest BCUT2D eigenvalue weighted by Gasteiger charge is 1.99. The van der Waals surface area contributed by atoms with Crippen molar-refractivity contribution in [1.82, 2.24) is 0 Å². The van der Waals surface area contributed by atoms with Crippen molar-refractivity contribution >= 4 is 0 Å². The third-order valence-corrected chi connectivity index (χ3v) is 3.22. The van der Waals surface area contributed by atoms with Crippen molar-refractivity contribution in [1.29, 1.82) is 0 Å². The van der Waals surface area contributed by atoms with Crippen molar-refractivity contribution in [3.8, 4) is 5.75 Å². The fourth-order valence-electron chi connectivity index (χ4n) is 2.12. The molecule has 1 rings (SSSR count). The van der Waals surface area contributed by atoms with E-state index in [0.717, 1.165) is 17.9 Å². The first kappa shape index (κ1) is 14.1.